The molecule has 0 aliphatic carbocycles. The van der Waals surface area contributed by atoms with Gasteiger partial charge in [0.25, 0.3) is 0 Å². The van der Waals surface area contributed by atoms with Crippen molar-refractivity contribution in [2.24, 2.45) is 11.5 Å². The van der Waals surface area contributed by atoms with Crippen molar-refractivity contribution >= 4 is 29.6 Å². The molecule has 188 valence electrons. The van der Waals surface area contributed by atoms with Gasteiger partial charge in [-0.05, 0) is 12.5 Å². The van der Waals surface area contributed by atoms with Crippen LogP contribution in [-0.4, -0.2) is 68.8 Å². The highest BCUT2D eigenvalue weighted by molar-refractivity contribution is 5.95. The first-order valence-electron chi connectivity index (χ1n) is 10.8. The number of aliphatic carboxylic acids is 1. The van der Waals surface area contributed by atoms with E-state index >= 15 is 0 Å². The van der Waals surface area contributed by atoms with E-state index in [1.165, 1.54) is 19.4 Å². The monoisotopic (exact) mass is 487 g/mol. The van der Waals surface area contributed by atoms with E-state index in [0.717, 1.165) is 5.56 Å². The molecule has 2 aromatic rings. The highest BCUT2D eigenvalue weighted by Crippen LogP contribution is 2.06. The lowest BCUT2D eigenvalue weighted by molar-refractivity contribution is -0.143. The molecule has 0 aliphatic heterocycles. The van der Waals surface area contributed by atoms with Crippen molar-refractivity contribution < 1.29 is 29.1 Å². The number of aromatic nitrogens is 2. The van der Waals surface area contributed by atoms with Crippen LogP contribution >= 0.6 is 0 Å². The molecule has 0 fully saturated rings. The number of rotatable bonds is 13. The minimum absolute atomic E-state index is 0.0697. The predicted octanol–water partition coefficient (Wildman–Crippen LogP) is -2.04. The summed E-state index contributed by atoms with van der Waals surface area (Å²) in [5, 5.41) is 16.7. The average molecular weight is 488 g/mol. The lowest BCUT2D eigenvalue weighted by Gasteiger charge is -2.24. The number of carboxylic acid groups (broad SMARTS) is 1. The van der Waals surface area contributed by atoms with Crippen molar-refractivity contribution in [1.82, 2.24) is 25.9 Å². The molecule has 2 rings (SSSR count). The third-order valence-electron chi connectivity index (χ3n) is 4.96. The zero-order chi connectivity index (χ0) is 26.0. The van der Waals surface area contributed by atoms with E-state index in [4.69, 9.17) is 11.5 Å². The predicted molar refractivity (Wildman–Crippen MR) is 123 cm³/mol. The van der Waals surface area contributed by atoms with E-state index in [2.05, 4.69) is 25.9 Å². The van der Waals surface area contributed by atoms with Gasteiger partial charge >= 0.3 is 5.97 Å². The molecule has 9 N–H and O–H groups in total. The van der Waals surface area contributed by atoms with Crippen LogP contribution < -0.4 is 27.4 Å². The Bertz CT molecular complexity index is 1030. The SMILES string of the molecule is CC(N)C(=O)NC(Cc1ccccc1)C(=O)NC(Cc1cnc[nH]1)C(=O)NC(CC(N)=O)C(=O)O. The van der Waals surface area contributed by atoms with Crippen LogP contribution in [0.1, 0.15) is 24.6 Å². The number of imidazole rings is 1. The molecule has 1 aromatic carbocycles. The minimum Gasteiger partial charge on any atom is -0.480 e. The maximum Gasteiger partial charge on any atom is 0.326 e. The number of hydrogen-bond acceptors (Lipinski definition) is 7. The van der Waals surface area contributed by atoms with Gasteiger partial charge in [0.15, 0.2) is 0 Å². The molecule has 4 atom stereocenters. The number of hydrogen-bond donors (Lipinski definition) is 7. The van der Waals surface area contributed by atoms with Crippen LogP contribution in [0.2, 0.25) is 0 Å². The first-order chi connectivity index (χ1) is 16.6. The van der Waals surface area contributed by atoms with Gasteiger partial charge < -0.3 is 37.5 Å². The highest BCUT2D eigenvalue weighted by Gasteiger charge is 2.31. The van der Waals surface area contributed by atoms with Crippen LogP contribution in [0.15, 0.2) is 42.9 Å². The topological polar surface area (TPSA) is 222 Å². The molecule has 0 bridgehead atoms. The third kappa shape index (κ3) is 8.89. The van der Waals surface area contributed by atoms with E-state index < -0.39 is 60.2 Å². The number of nitrogens with one attached hydrogen (secondary N) is 4. The number of carbonyl (C=O) groups excluding carboxylic acids is 4. The summed E-state index contributed by atoms with van der Waals surface area (Å²) in [5.74, 6) is -4.51. The molecule has 4 amide bonds. The maximum atomic E-state index is 13.2. The molecule has 0 radical (unpaired) electrons. The molecule has 0 aliphatic rings. The summed E-state index contributed by atoms with van der Waals surface area (Å²) in [7, 11) is 0. The normalized spacial score (nSPS) is 14.1. The Kier molecular flexibility index (Phi) is 9.90. The smallest absolute Gasteiger partial charge is 0.326 e. The summed E-state index contributed by atoms with van der Waals surface area (Å²) in [6, 6.07) is 4.09. The molecular weight excluding hydrogens is 458 g/mol. The second-order valence-corrected chi connectivity index (χ2v) is 7.95. The standard InChI is InChI=1S/C22H29N7O6/c1-12(23)19(31)27-15(7-13-5-3-2-4-6-13)20(32)28-16(8-14-10-25-11-26-14)21(33)29-17(22(34)35)9-18(24)30/h2-6,10-12,15-17H,7-9,23H2,1H3,(H2,24,30)(H,25,26)(H,27,31)(H,28,32)(H,29,33)(H,34,35). The zero-order valence-electron chi connectivity index (χ0n) is 19.1. The van der Waals surface area contributed by atoms with Gasteiger partial charge in [-0.15, -0.1) is 0 Å². The molecule has 0 saturated heterocycles. The van der Waals surface area contributed by atoms with E-state index in [0.29, 0.717) is 5.69 Å². The van der Waals surface area contributed by atoms with Gasteiger partial charge in [0.05, 0.1) is 18.8 Å². The number of nitrogens with zero attached hydrogens (tertiary/aromatic N) is 1. The van der Waals surface area contributed by atoms with Gasteiger partial charge in [0.1, 0.15) is 18.1 Å². The fraction of sp³-hybridized carbons (Fsp3) is 0.364. The van der Waals surface area contributed by atoms with Gasteiger partial charge in [-0.25, -0.2) is 9.78 Å². The molecule has 35 heavy (non-hydrogen) atoms. The zero-order valence-corrected chi connectivity index (χ0v) is 19.1. The van der Waals surface area contributed by atoms with Crippen molar-refractivity contribution in [3.05, 3.63) is 54.1 Å². The number of carbonyl (C=O) groups is 5. The number of H-pyrrole nitrogens is 1. The Morgan fingerprint density at radius 3 is 2.03 bits per heavy atom. The summed E-state index contributed by atoms with van der Waals surface area (Å²) in [6.45, 7) is 1.46. The van der Waals surface area contributed by atoms with Gasteiger partial charge in [-0.2, -0.15) is 0 Å². The van der Waals surface area contributed by atoms with Crippen LogP contribution in [0, 0.1) is 0 Å². The molecule has 0 saturated carbocycles. The van der Waals surface area contributed by atoms with Crippen molar-refractivity contribution in [3.8, 4) is 0 Å². The molecule has 13 nitrogen and oxygen atoms in total. The Balaban J connectivity index is 2.25. The second-order valence-electron chi connectivity index (χ2n) is 7.95. The number of primary amides is 1. The lowest BCUT2D eigenvalue weighted by Crippen LogP contribution is -2.58. The molecule has 0 spiro atoms. The summed E-state index contributed by atoms with van der Waals surface area (Å²) in [6.07, 6.45) is 2.22. The van der Waals surface area contributed by atoms with Crippen LogP contribution in [0.3, 0.4) is 0 Å². The van der Waals surface area contributed by atoms with Crippen molar-refractivity contribution in [2.75, 3.05) is 0 Å². The fourth-order valence-corrected chi connectivity index (χ4v) is 3.13. The lowest BCUT2D eigenvalue weighted by atomic mass is 10.0. The Hall–Kier alpha value is -4.26. The van der Waals surface area contributed by atoms with Crippen LogP contribution in [0.5, 0.6) is 0 Å². The fourth-order valence-electron chi connectivity index (χ4n) is 3.13. The molecule has 13 heteroatoms. The van der Waals surface area contributed by atoms with Gasteiger partial charge in [-0.3, -0.25) is 19.2 Å². The third-order valence-corrected chi connectivity index (χ3v) is 4.96. The largest absolute Gasteiger partial charge is 0.480 e. The van der Waals surface area contributed by atoms with Crippen molar-refractivity contribution in [3.63, 3.8) is 0 Å². The Labute approximate surface area is 201 Å². The molecule has 4 unspecified atom stereocenters. The van der Waals surface area contributed by atoms with Gasteiger partial charge in [-0.1, -0.05) is 30.3 Å². The summed E-state index contributed by atoms with van der Waals surface area (Å²) in [4.78, 5) is 67.6. The van der Waals surface area contributed by atoms with Crippen LogP contribution in [-0.2, 0) is 36.8 Å². The maximum absolute atomic E-state index is 13.2. The number of amides is 4. The number of nitrogens with two attached hydrogens (primary N) is 2. The first-order valence-corrected chi connectivity index (χ1v) is 10.8. The van der Waals surface area contributed by atoms with Crippen LogP contribution in [0.25, 0.3) is 0 Å². The summed E-state index contributed by atoms with van der Waals surface area (Å²) < 4.78 is 0. The van der Waals surface area contributed by atoms with Crippen molar-refractivity contribution in [1.29, 1.82) is 0 Å². The van der Waals surface area contributed by atoms with Crippen molar-refractivity contribution in [2.45, 2.75) is 50.4 Å². The summed E-state index contributed by atoms with van der Waals surface area (Å²) >= 11 is 0. The molecular formula is C22H29N7O6. The average Bonchev–Trinajstić information content (AvgIpc) is 3.31. The van der Waals surface area contributed by atoms with Gasteiger partial charge in [0, 0.05) is 24.7 Å². The van der Waals surface area contributed by atoms with E-state index in [1.54, 1.807) is 30.3 Å². The summed E-state index contributed by atoms with van der Waals surface area (Å²) in [5.41, 5.74) is 11.9. The van der Waals surface area contributed by atoms with Crippen LogP contribution in [0.4, 0.5) is 0 Å². The Morgan fingerprint density at radius 1 is 0.943 bits per heavy atom. The van der Waals surface area contributed by atoms with E-state index in [9.17, 15) is 29.1 Å². The highest BCUT2D eigenvalue weighted by atomic mass is 16.4. The Morgan fingerprint density at radius 2 is 1.51 bits per heavy atom. The van der Waals surface area contributed by atoms with E-state index in [1.807, 2.05) is 0 Å². The van der Waals surface area contributed by atoms with E-state index in [-0.39, 0.29) is 12.8 Å². The number of aromatic amines is 1. The van der Waals surface area contributed by atoms with Gasteiger partial charge in [0.2, 0.25) is 23.6 Å². The second kappa shape index (κ2) is 12.8. The molecule has 1 aromatic heterocycles. The number of benzene rings is 1. The minimum atomic E-state index is -1.58. The first kappa shape index (κ1) is 27.0. The molecule has 1 heterocycles. The number of carboxylic acids is 1. The quantitative estimate of drug-likeness (QED) is 0.166.